The van der Waals surface area contributed by atoms with E-state index in [2.05, 4.69) is 0 Å². The number of aliphatic carboxylic acids is 1. The molecular weight excluding hydrogens is 304 g/mol. The Kier molecular flexibility index (Phi) is 4.10. The van der Waals surface area contributed by atoms with Crippen LogP contribution in [-0.4, -0.2) is 50.6 Å². The van der Waals surface area contributed by atoms with E-state index in [1.165, 1.54) is 12.1 Å². The van der Waals surface area contributed by atoms with Crippen LogP contribution in [-0.2, 0) is 4.79 Å². The number of aliphatic hydroxyl groups is 1. The van der Waals surface area contributed by atoms with Crippen molar-refractivity contribution in [1.29, 1.82) is 0 Å². The number of nitro groups is 1. The van der Waals surface area contributed by atoms with Crippen LogP contribution in [0.2, 0.25) is 5.02 Å². The number of carboxylic acid groups (broad SMARTS) is 1. The van der Waals surface area contributed by atoms with Gasteiger partial charge in [0.1, 0.15) is 11.6 Å². The van der Waals surface area contributed by atoms with Crippen molar-refractivity contribution in [2.45, 2.75) is 18.6 Å². The molecule has 2 N–H and O–H groups in total. The van der Waals surface area contributed by atoms with Crippen LogP contribution in [0.1, 0.15) is 16.8 Å². The highest BCUT2D eigenvalue weighted by Crippen LogP contribution is 2.27. The first-order chi connectivity index (χ1) is 9.81. The fraction of sp³-hybridized carbons (Fsp3) is 0.333. The first-order valence-corrected chi connectivity index (χ1v) is 6.35. The number of hydrogen-bond donors (Lipinski definition) is 2. The number of likely N-dealkylation sites (tertiary alicyclic amines) is 1. The number of carbonyl (C=O) groups excluding carboxylic acids is 1. The third-order valence-corrected chi connectivity index (χ3v) is 3.45. The van der Waals surface area contributed by atoms with Gasteiger partial charge in [0.2, 0.25) is 0 Å². The molecule has 0 bridgehead atoms. The molecule has 1 aromatic carbocycles. The molecule has 0 aliphatic carbocycles. The molecule has 2 atom stereocenters. The van der Waals surface area contributed by atoms with Gasteiger partial charge in [0.15, 0.2) is 0 Å². The maximum atomic E-state index is 12.3. The molecule has 0 radical (unpaired) electrons. The third-order valence-electron chi connectivity index (χ3n) is 3.21. The SMILES string of the molecule is O=C(O)C1CC(O)CN1C(=O)c1ccc(Cl)cc1[N+](=O)[O-]. The molecule has 112 valence electrons. The summed E-state index contributed by atoms with van der Waals surface area (Å²) in [5.41, 5.74) is -0.761. The van der Waals surface area contributed by atoms with Crippen LogP contribution in [0.15, 0.2) is 18.2 Å². The highest BCUT2D eigenvalue weighted by Gasteiger charge is 2.40. The molecule has 1 amide bonds. The van der Waals surface area contributed by atoms with Crippen molar-refractivity contribution in [1.82, 2.24) is 4.90 Å². The van der Waals surface area contributed by atoms with Gasteiger partial charge in [-0.1, -0.05) is 11.6 Å². The lowest BCUT2D eigenvalue weighted by molar-refractivity contribution is -0.385. The number of carbonyl (C=O) groups is 2. The number of rotatable bonds is 3. The van der Waals surface area contributed by atoms with Gasteiger partial charge in [0.25, 0.3) is 11.6 Å². The Hall–Kier alpha value is -2.19. The molecule has 0 saturated carbocycles. The van der Waals surface area contributed by atoms with Crippen molar-refractivity contribution >= 4 is 29.2 Å². The minimum Gasteiger partial charge on any atom is -0.480 e. The van der Waals surface area contributed by atoms with Gasteiger partial charge in [-0.3, -0.25) is 14.9 Å². The molecule has 1 heterocycles. The van der Waals surface area contributed by atoms with Crippen molar-refractivity contribution in [3.63, 3.8) is 0 Å². The molecule has 1 saturated heterocycles. The third kappa shape index (κ3) is 2.96. The first-order valence-electron chi connectivity index (χ1n) is 5.97. The molecule has 1 aliphatic rings. The van der Waals surface area contributed by atoms with E-state index < -0.39 is 34.6 Å². The lowest BCUT2D eigenvalue weighted by Gasteiger charge is -2.21. The summed E-state index contributed by atoms with van der Waals surface area (Å²) < 4.78 is 0. The standard InChI is InChI=1S/C12H11ClN2O6/c13-6-1-2-8(9(3-6)15(20)21)11(17)14-5-7(16)4-10(14)12(18)19/h1-3,7,10,16H,4-5H2,(H,18,19). The van der Waals surface area contributed by atoms with Gasteiger partial charge in [-0.25, -0.2) is 4.79 Å². The predicted molar refractivity (Wildman–Crippen MR) is 71.2 cm³/mol. The van der Waals surface area contributed by atoms with E-state index in [1.54, 1.807) is 0 Å². The van der Waals surface area contributed by atoms with E-state index in [4.69, 9.17) is 16.7 Å². The zero-order chi connectivity index (χ0) is 15.7. The molecule has 1 aromatic rings. The van der Waals surface area contributed by atoms with Crippen molar-refractivity contribution in [3.05, 3.63) is 38.9 Å². The number of nitrogens with zero attached hydrogens (tertiary/aromatic N) is 2. The summed E-state index contributed by atoms with van der Waals surface area (Å²) in [6.45, 7) is -0.185. The second-order valence-electron chi connectivity index (χ2n) is 4.62. The van der Waals surface area contributed by atoms with E-state index in [9.17, 15) is 24.8 Å². The van der Waals surface area contributed by atoms with Gasteiger partial charge in [0.05, 0.1) is 11.0 Å². The van der Waals surface area contributed by atoms with Gasteiger partial charge in [-0.05, 0) is 12.1 Å². The van der Waals surface area contributed by atoms with Crippen LogP contribution >= 0.6 is 11.6 Å². The van der Waals surface area contributed by atoms with E-state index >= 15 is 0 Å². The topological polar surface area (TPSA) is 121 Å². The maximum Gasteiger partial charge on any atom is 0.326 e. The average molecular weight is 315 g/mol. The summed E-state index contributed by atoms with van der Waals surface area (Å²) in [6.07, 6.45) is -1.08. The number of amides is 1. The molecule has 2 unspecified atom stereocenters. The molecule has 2 rings (SSSR count). The van der Waals surface area contributed by atoms with E-state index in [1.807, 2.05) is 0 Å². The molecule has 0 spiro atoms. The van der Waals surface area contributed by atoms with Gasteiger partial charge < -0.3 is 15.1 Å². The Labute approximate surface area is 123 Å². The van der Waals surface area contributed by atoms with Crippen LogP contribution in [0, 0.1) is 10.1 Å². The zero-order valence-corrected chi connectivity index (χ0v) is 11.4. The largest absolute Gasteiger partial charge is 0.480 e. The smallest absolute Gasteiger partial charge is 0.326 e. The molecule has 8 nitrogen and oxygen atoms in total. The number of carboxylic acids is 1. The minimum absolute atomic E-state index is 0.0921. The molecule has 1 aliphatic heterocycles. The normalized spacial score (nSPS) is 21.3. The first kappa shape index (κ1) is 15.2. The number of benzene rings is 1. The Morgan fingerprint density at radius 2 is 2.10 bits per heavy atom. The molecular formula is C12H11ClN2O6. The Morgan fingerprint density at radius 1 is 1.43 bits per heavy atom. The fourth-order valence-corrected chi connectivity index (χ4v) is 2.43. The van der Waals surface area contributed by atoms with E-state index in [-0.39, 0.29) is 23.6 Å². The second-order valence-corrected chi connectivity index (χ2v) is 5.06. The quantitative estimate of drug-likeness (QED) is 0.631. The van der Waals surface area contributed by atoms with Crippen LogP contribution in [0.25, 0.3) is 0 Å². The fourth-order valence-electron chi connectivity index (χ4n) is 2.26. The summed E-state index contributed by atoms with van der Waals surface area (Å²) in [6, 6.07) is 2.30. The number of nitro benzene ring substituents is 1. The summed E-state index contributed by atoms with van der Waals surface area (Å²) in [7, 11) is 0. The number of halogens is 1. The molecule has 0 aromatic heterocycles. The summed E-state index contributed by atoms with van der Waals surface area (Å²) in [5.74, 6) is -2.08. The minimum atomic E-state index is -1.27. The Balaban J connectivity index is 2.40. The summed E-state index contributed by atoms with van der Waals surface area (Å²) in [4.78, 5) is 34.6. The highest BCUT2D eigenvalue weighted by molar-refractivity contribution is 6.31. The number of aliphatic hydroxyl groups excluding tert-OH is 1. The maximum absolute atomic E-state index is 12.3. The van der Waals surface area contributed by atoms with Crippen molar-refractivity contribution in [2.75, 3.05) is 6.54 Å². The van der Waals surface area contributed by atoms with Crippen molar-refractivity contribution in [3.8, 4) is 0 Å². The van der Waals surface area contributed by atoms with E-state index in [0.29, 0.717) is 0 Å². The van der Waals surface area contributed by atoms with Gasteiger partial charge in [-0.2, -0.15) is 0 Å². The van der Waals surface area contributed by atoms with E-state index in [0.717, 1.165) is 11.0 Å². The van der Waals surface area contributed by atoms with Crippen molar-refractivity contribution in [2.24, 2.45) is 0 Å². The van der Waals surface area contributed by atoms with Crippen molar-refractivity contribution < 1.29 is 24.7 Å². The van der Waals surface area contributed by atoms with Gasteiger partial charge >= 0.3 is 5.97 Å². The lowest BCUT2D eigenvalue weighted by Crippen LogP contribution is -2.40. The molecule has 9 heteroatoms. The van der Waals surface area contributed by atoms with Gasteiger partial charge in [-0.15, -0.1) is 0 Å². The number of hydrogen-bond acceptors (Lipinski definition) is 5. The number of β-amino-alcohol motifs (C(OH)–C–C–N with tert-alkyl or cyclic N) is 1. The van der Waals surface area contributed by atoms with Crippen LogP contribution in [0.4, 0.5) is 5.69 Å². The van der Waals surface area contributed by atoms with Crippen LogP contribution < -0.4 is 0 Å². The second kappa shape index (κ2) is 5.66. The van der Waals surface area contributed by atoms with Crippen LogP contribution in [0.5, 0.6) is 0 Å². The summed E-state index contributed by atoms with van der Waals surface area (Å²) in [5, 5.41) is 29.7. The monoisotopic (exact) mass is 314 g/mol. The predicted octanol–water partition coefficient (Wildman–Crippen LogP) is 0.908. The highest BCUT2D eigenvalue weighted by atomic mass is 35.5. The van der Waals surface area contributed by atoms with Gasteiger partial charge in [0, 0.05) is 24.1 Å². The average Bonchev–Trinajstić information content (AvgIpc) is 2.80. The molecule has 21 heavy (non-hydrogen) atoms. The molecule has 1 fully saturated rings. The lowest BCUT2D eigenvalue weighted by atomic mass is 10.1. The Bertz CT molecular complexity index is 620. The summed E-state index contributed by atoms with van der Waals surface area (Å²) >= 11 is 5.66. The Morgan fingerprint density at radius 3 is 2.67 bits per heavy atom. The zero-order valence-electron chi connectivity index (χ0n) is 10.6. The van der Waals surface area contributed by atoms with Crippen LogP contribution in [0.3, 0.4) is 0 Å².